The molecule has 6 rings (SSSR count). The normalized spacial score (nSPS) is 17.2. The second-order valence-electron chi connectivity index (χ2n) is 10.3. The van der Waals surface area contributed by atoms with E-state index in [9.17, 15) is 9.59 Å². The van der Waals surface area contributed by atoms with Gasteiger partial charge in [-0.1, -0.05) is 12.1 Å². The van der Waals surface area contributed by atoms with Crippen molar-refractivity contribution in [2.24, 2.45) is 0 Å². The average molecular weight is 530 g/mol. The second-order valence-corrected chi connectivity index (χ2v) is 10.3. The van der Waals surface area contributed by atoms with E-state index in [0.29, 0.717) is 43.6 Å². The summed E-state index contributed by atoms with van der Waals surface area (Å²) in [6, 6.07) is 14.7. The van der Waals surface area contributed by atoms with E-state index >= 15 is 0 Å². The van der Waals surface area contributed by atoms with E-state index in [4.69, 9.17) is 24.5 Å². The van der Waals surface area contributed by atoms with Gasteiger partial charge < -0.3 is 24.6 Å². The van der Waals surface area contributed by atoms with Crippen LogP contribution in [0.15, 0.2) is 48.5 Å². The first-order valence-electron chi connectivity index (χ1n) is 13.2. The number of benzene rings is 2. The highest BCUT2D eigenvalue weighted by atomic mass is 16.6. The number of carbonyl (C=O) groups is 2. The molecule has 11 nitrogen and oxygen atoms in total. The number of piperazine rings is 1. The van der Waals surface area contributed by atoms with E-state index < -0.39 is 6.04 Å². The molecule has 2 aromatic heterocycles. The molecular formula is C28H31N7O4. The molecule has 1 saturated carbocycles. The van der Waals surface area contributed by atoms with Crippen LogP contribution in [0.4, 0.5) is 10.7 Å². The summed E-state index contributed by atoms with van der Waals surface area (Å²) in [5.41, 5.74) is 1.92. The first-order chi connectivity index (χ1) is 18.8. The maximum absolute atomic E-state index is 13.3. The number of methoxy groups -OCH3 is 1. The predicted octanol–water partition coefficient (Wildman–Crippen LogP) is 3.59. The maximum Gasteiger partial charge on any atom is 0.410 e. The second kappa shape index (κ2) is 9.72. The van der Waals surface area contributed by atoms with Crippen LogP contribution in [0, 0.1) is 0 Å². The summed E-state index contributed by atoms with van der Waals surface area (Å²) >= 11 is 0. The Labute approximate surface area is 225 Å². The van der Waals surface area contributed by atoms with Gasteiger partial charge in [0.25, 0.3) is 0 Å². The third-order valence-electron chi connectivity index (χ3n) is 7.38. The molecule has 3 heterocycles. The minimum Gasteiger partial charge on any atom is -0.497 e. The molecule has 1 N–H and O–H groups in total. The number of nitrogens with one attached hydrogen (secondary N) is 1. The first-order valence-corrected chi connectivity index (χ1v) is 13.2. The van der Waals surface area contributed by atoms with Crippen LogP contribution in [0.5, 0.6) is 5.75 Å². The van der Waals surface area contributed by atoms with Gasteiger partial charge in [-0.3, -0.25) is 4.79 Å². The van der Waals surface area contributed by atoms with Gasteiger partial charge in [-0.05, 0) is 63.1 Å². The zero-order chi connectivity index (χ0) is 27.1. The average Bonchev–Trinajstić information content (AvgIpc) is 3.51. The Morgan fingerprint density at radius 3 is 2.36 bits per heavy atom. The van der Waals surface area contributed by atoms with E-state index in [1.807, 2.05) is 55.5 Å². The molecule has 0 bridgehead atoms. The van der Waals surface area contributed by atoms with Crippen LogP contribution in [0.25, 0.3) is 27.9 Å². The number of para-hydroxylation sites is 1. The summed E-state index contributed by atoms with van der Waals surface area (Å²) in [6.07, 6.45) is 1.52. The van der Waals surface area contributed by atoms with Crippen LogP contribution in [0.1, 0.15) is 26.7 Å². The lowest BCUT2D eigenvalue weighted by Gasteiger charge is -2.36. The van der Waals surface area contributed by atoms with Crippen LogP contribution in [-0.4, -0.2) is 86.3 Å². The van der Waals surface area contributed by atoms with Crippen molar-refractivity contribution >= 4 is 34.5 Å². The van der Waals surface area contributed by atoms with Crippen LogP contribution in [0.3, 0.4) is 0 Å². The number of nitrogens with zero attached hydrogens (tertiary/aromatic N) is 6. The van der Waals surface area contributed by atoms with E-state index in [0.717, 1.165) is 35.1 Å². The standard InChI is InChI=1S/C28H31N7O4/c1-18(25(36)33-14-16-34(17-15-33)27(37)39-28(2)12-13-28)29-26-30-22-7-5-4-6-21(22)24-31-23(32-35(24)26)19-8-10-20(38-3)11-9-19/h4-11,18H,12-17H2,1-3H3,(H,29,30)/t18-/m1/s1. The summed E-state index contributed by atoms with van der Waals surface area (Å²) in [4.78, 5) is 38.8. The Morgan fingerprint density at radius 2 is 1.67 bits per heavy atom. The van der Waals surface area contributed by atoms with Crippen molar-refractivity contribution in [3.63, 3.8) is 0 Å². The molecule has 2 fully saturated rings. The van der Waals surface area contributed by atoms with E-state index in [-0.39, 0.29) is 17.6 Å². The fourth-order valence-electron chi connectivity index (χ4n) is 4.70. The molecule has 1 aliphatic heterocycles. The molecule has 0 spiro atoms. The Kier molecular flexibility index (Phi) is 6.20. The Bertz CT molecular complexity index is 1540. The number of rotatable bonds is 6. The van der Waals surface area contributed by atoms with Gasteiger partial charge in [0, 0.05) is 37.1 Å². The van der Waals surface area contributed by atoms with Gasteiger partial charge >= 0.3 is 6.09 Å². The van der Waals surface area contributed by atoms with E-state index in [1.165, 1.54) is 0 Å². The highest BCUT2D eigenvalue weighted by Gasteiger charge is 2.43. The Morgan fingerprint density at radius 1 is 0.974 bits per heavy atom. The topological polar surface area (TPSA) is 114 Å². The number of hydrogen-bond acceptors (Lipinski definition) is 8. The lowest BCUT2D eigenvalue weighted by Crippen LogP contribution is -2.54. The van der Waals surface area contributed by atoms with Gasteiger partial charge in [0.15, 0.2) is 11.5 Å². The number of carbonyl (C=O) groups excluding carboxylic acids is 2. The van der Waals surface area contributed by atoms with Gasteiger partial charge in [-0.15, -0.1) is 5.10 Å². The van der Waals surface area contributed by atoms with Gasteiger partial charge in [0.05, 0.1) is 12.6 Å². The lowest BCUT2D eigenvalue weighted by molar-refractivity contribution is -0.133. The molecule has 0 radical (unpaired) electrons. The van der Waals surface area contributed by atoms with Gasteiger partial charge in [0.2, 0.25) is 11.9 Å². The number of hydrogen-bond donors (Lipinski definition) is 1. The van der Waals surface area contributed by atoms with Gasteiger partial charge in [-0.2, -0.15) is 4.52 Å². The highest BCUT2D eigenvalue weighted by molar-refractivity contribution is 5.93. The van der Waals surface area contributed by atoms with Crippen LogP contribution in [-0.2, 0) is 9.53 Å². The molecule has 2 aromatic carbocycles. The smallest absolute Gasteiger partial charge is 0.410 e. The van der Waals surface area contributed by atoms with Crippen molar-refractivity contribution in [3.8, 4) is 17.1 Å². The zero-order valence-corrected chi connectivity index (χ0v) is 22.3. The van der Waals surface area contributed by atoms with E-state index in [2.05, 4.69) is 5.32 Å². The first kappa shape index (κ1) is 24.9. The highest BCUT2D eigenvalue weighted by Crippen LogP contribution is 2.39. The lowest BCUT2D eigenvalue weighted by atomic mass is 10.2. The quantitative estimate of drug-likeness (QED) is 0.403. The fourth-order valence-corrected chi connectivity index (χ4v) is 4.70. The monoisotopic (exact) mass is 529 g/mol. The number of aromatic nitrogens is 4. The van der Waals surface area contributed by atoms with Crippen molar-refractivity contribution in [2.45, 2.75) is 38.3 Å². The third-order valence-corrected chi connectivity index (χ3v) is 7.38. The molecular weight excluding hydrogens is 498 g/mol. The summed E-state index contributed by atoms with van der Waals surface area (Å²) < 4.78 is 12.5. The third kappa shape index (κ3) is 4.91. The maximum atomic E-state index is 13.3. The number of ether oxygens (including phenoxy) is 2. The number of fused-ring (bicyclic) bond motifs is 3. The fraction of sp³-hybridized carbons (Fsp3) is 0.393. The Hall–Kier alpha value is -4.41. The van der Waals surface area contributed by atoms with Crippen LogP contribution >= 0.6 is 0 Å². The predicted molar refractivity (Wildman–Crippen MR) is 146 cm³/mol. The summed E-state index contributed by atoms with van der Waals surface area (Å²) in [5.74, 6) is 1.65. The molecule has 1 atom stereocenters. The summed E-state index contributed by atoms with van der Waals surface area (Å²) in [5, 5.41) is 8.86. The minimum atomic E-state index is -0.570. The molecule has 0 unspecified atom stereocenters. The molecule has 39 heavy (non-hydrogen) atoms. The van der Waals surface area contributed by atoms with E-state index in [1.54, 1.807) is 28.3 Å². The zero-order valence-electron chi connectivity index (χ0n) is 22.3. The number of amides is 2. The molecule has 2 aliphatic rings. The summed E-state index contributed by atoms with van der Waals surface area (Å²) in [6.45, 7) is 5.54. The largest absolute Gasteiger partial charge is 0.497 e. The molecule has 1 aliphatic carbocycles. The SMILES string of the molecule is COc1ccc(-c2nc3c4ccccc4nc(N[C@H](C)C(=O)N4CCN(C(=O)OC5(C)CC5)CC4)n3n2)cc1. The molecule has 4 aromatic rings. The molecule has 202 valence electrons. The van der Waals surface area contributed by atoms with Crippen molar-refractivity contribution in [1.82, 2.24) is 29.4 Å². The molecule has 1 saturated heterocycles. The van der Waals surface area contributed by atoms with Gasteiger partial charge in [0.1, 0.15) is 17.4 Å². The van der Waals surface area contributed by atoms with Gasteiger partial charge in [-0.25, -0.2) is 14.8 Å². The molecule has 2 amide bonds. The van der Waals surface area contributed by atoms with Crippen molar-refractivity contribution in [3.05, 3.63) is 48.5 Å². The summed E-state index contributed by atoms with van der Waals surface area (Å²) in [7, 11) is 1.62. The van der Waals surface area contributed by atoms with Crippen molar-refractivity contribution < 1.29 is 19.1 Å². The Balaban J connectivity index is 1.21. The van der Waals surface area contributed by atoms with Crippen molar-refractivity contribution in [2.75, 3.05) is 38.6 Å². The van der Waals surface area contributed by atoms with Crippen LogP contribution in [0.2, 0.25) is 0 Å². The van der Waals surface area contributed by atoms with Crippen molar-refractivity contribution in [1.29, 1.82) is 0 Å². The molecule has 11 heteroatoms. The number of anilines is 1. The minimum absolute atomic E-state index is 0.0734. The van der Waals surface area contributed by atoms with Crippen LogP contribution < -0.4 is 10.1 Å².